The van der Waals surface area contributed by atoms with Crippen molar-refractivity contribution >= 4 is 11.3 Å². The van der Waals surface area contributed by atoms with E-state index in [1.54, 1.807) is 0 Å². The van der Waals surface area contributed by atoms with Gasteiger partial charge in [-0.15, -0.1) is 11.3 Å². The van der Waals surface area contributed by atoms with Gasteiger partial charge in [-0.25, -0.2) is 4.98 Å². The second kappa shape index (κ2) is 6.71. The van der Waals surface area contributed by atoms with Gasteiger partial charge in [0.15, 0.2) is 0 Å². The summed E-state index contributed by atoms with van der Waals surface area (Å²) in [4.78, 5) is 6.28. The van der Waals surface area contributed by atoms with Crippen molar-refractivity contribution in [3.05, 3.63) is 40.4 Å². The highest BCUT2D eigenvalue weighted by Crippen LogP contribution is 2.29. The first kappa shape index (κ1) is 14.7. The fourth-order valence-corrected chi connectivity index (χ4v) is 4.16. The SMILES string of the molecule is CCc1nc(-c2cccc(C)c2)sc1CNC1CCCC1. The standard InChI is InChI=1S/C18H24N2S/c1-3-16-17(12-19-15-9-4-5-10-15)21-18(20-16)14-8-6-7-13(2)11-14/h6-8,11,15,19H,3-5,9-10,12H2,1-2H3. The average Bonchev–Trinajstić information content (AvgIpc) is 3.14. The van der Waals surface area contributed by atoms with Crippen molar-refractivity contribution in [3.63, 3.8) is 0 Å². The van der Waals surface area contributed by atoms with Crippen LogP contribution in [0.15, 0.2) is 24.3 Å². The molecule has 1 N–H and O–H groups in total. The molecule has 1 aromatic carbocycles. The Hall–Kier alpha value is -1.19. The van der Waals surface area contributed by atoms with E-state index in [1.807, 2.05) is 11.3 Å². The van der Waals surface area contributed by atoms with E-state index in [-0.39, 0.29) is 0 Å². The lowest BCUT2D eigenvalue weighted by molar-refractivity contribution is 0.525. The highest BCUT2D eigenvalue weighted by Gasteiger charge is 2.16. The van der Waals surface area contributed by atoms with E-state index in [0.29, 0.717) is 0 Å². The molecule has 1 fully saturated rings. The van der Waals surface area contributed by atoms with Gasteiger partial charge in [0, 0.05) is 23.0 Å². The van der Waals surface area contributed by atoms with E-state index in [4.69, 9.17) is 4.98 Å². The summed E-state index contributed by atoms with van der Waals surface area (Å²) in [7, 11) is 0. The smallest absolute Gasteiger partial charge is 0.123 e. The summed E-state index contributed by atoms with van der Waals surface area (Å²) in [5.41, 5.74) is 3.81. The molecule has 0 bridgehead atoms. The number of thiazole rings is 1. The molecule has 3 rings (SSSR count). The normalized spacial score (nSPS) is 15.7. The molecule has 0 aliphatic heterocycles. The van der Waals surface area contributed by atoms with Gasteiger partial charge in [-0.3, -0.25) is 0 Å². The minimum atomic E-state index is 0.722. The number of hydrogen-bond acceptors (Lipinski definition) is 3. The Morgan fingerprint density at radius 1 is 1.29 bits per heavy atom. The minimum Gasteiger partial charge on any atom is -0.309 e. The molecule has 1 aliphatic rings. The number of hydrogen-bond donors (Lipinski definition) is 1. The maximum Gasteiger partial charge on any atom is 0.123 e. The lowest BCUT2D eigenvalue weighted by atomic mass is 10.1. The molecule has 2 nitrogen and oxygen atoms in total. The molecule has 0 saturated heterocycles. The van der Waals surface area contributed by atoms with E-state index in [0.717, 1.165) is 19.0 Å². The van der Waals surface area contributed by atoms with Crippen molar-refractivity contribution in [2.24, 2.45) is 0 Å². The zero-order valence-electron chi connectivity index (χ0n) is 13.0. The van der Waals surface area contributed by atoms with Crippen molar-refractivity contribution in [2.75, 3.05) is 0 Å². The van der Waals surface area contributed by atoms with Crippen LogP contribution in [0.25, 0.3) is 10.6 Å². The summed E-state index contributed by atoms with van der Waals surface area (Å²) in [6.45, 7) is 5.33. The molecule has 1 aliphatic carbocycles. The summed E-state index contributed by atoms with van der Waals surface area (Å²) < 4.78 is 0. The predicted octanol–water partition coefficient (Wildman–Crippen LogP) is 4.71. The average molecular weight is 300 g/mol. The number of rotatable bonds is 5. The maximum atomic E-state index is 4.86. The maximum absolute atomic E-state index is 4.86. The Bertz CT molecular complexity index is 597. The lowest BCUT2D eigenvalue weighted by Crippen LogP contribution is -2.25. The first-order valence-electron chi connectivity index (χ1n) is 8.05. The van der Waals surface area contributed by atoms with Crippen LogP contribution >= 0.6 is 11.3 Å². The first-order chi connectivity index (χ1) is 10.3. The molecular weight excluding hydrogens is 276 g/mol. The molecule has 0 amide bonds. The van der Waals surface area contributed by atoms with E-state index in [2.05, 4.69) is 43.4 Å². The summed E-state index contributed by atoms with van der Waals surface area (Å²) in [6, 6.07) is 9.37. The van der Waals surface area contributed by atoms with Gasteiger partial charge in [0.05, 0.1) is 5.69 Å². The Morgan fingerprint density at radius 2 is 2.10 bits per heavy atom. The molecule has 1 aromatic heterocycles. The zero-order valence-corrected chi connectivity index (χ0v) is 13.8. The summed E-state index contributed by atoms with van der Waals surface area (Å²) in [5, 5.41) is 4.88. The number of nitrogens with one attached hydrogen (secondary N) is 1. The van der Waals surface area contributed by atoms with Crippen molar-refractivity contribution in [3.8, 4) is 10.6 Å². The molecule has 0 atom stereocenters. The number of benzene rings is 1. The quantitative estimate of drug-likeness (QED) is 0.864. The van der Waals surface area contributed by atoms with Gasteiger partial charge in [-0.2, -0.15) is 0 Å². The molecule has 2 aromatic rings. The lowest BCUT2D eigenvalue weighted by Gasteiger charge is -2.10. The molecule has 1 heterocycles. The van der Waals surface area contributed by atoms with E-state index < -0.39 is 0 Å². The van der Waals surface area contributed by atoms with Gasteiger partial charge >= 0.3 is 0 Å². The van der Waals surface area contributed by atoms with Crippen LogP contribution < -0.4 is 5.32 Å². The van der Waals surface area contributed by atoms with E-state index in [1.165, 1.54) is 52.4 Å². The molecule has 112 valence electrons. The Kier molecular flexibility index (Phi) is 4.71. The highest BCUT2D eigenvalue weighted by molar-refractivity contribution is 7.15. The van der Waals surface area contributed by atoms with Gasteiger partial charge in [0.25, 0.3) is 0 Å². The van der Waals surface area contributed by atoms with Gasteiger partial charge in [0.1, 0.15) is 5.01 Å². The van der Waals surface area contributed by atoms with Crippen LogP contribution in [0.3, 0.4) is 0 Å². The second-order valence-electron chi connectivity index (χ2n) is 5.97. The molecular formula is C18H24N2S. The highest BCUT2D eigenvalue weighted by atomic mass is 32.1. The number of aromatic nitrogens is 1. The van der Waals surface area contributed by atoms with Gasteiger partial charge in [-0.1, -0.05) is 43.5 Å². The first-order valence-corrected chi connectivity index (χ1v) is 8.87. The monoisotopic (exact) mass is 300 g/mol. The Labute approximate surface area is 131 Å². The van der Waals surface area contributed by atoms with Crippen LogP contribution in [0.4, 0.5) is 0 Å². The van der Waals surface area contributed by atoms with Gasteiger partial charge in [-0.05, 0) is 32.3 Å². The summed E-state index contributed by atoms with van der Waals surface area (Å²) >= 11 is 1.86. The molecule has 0 spiro atoms. The molecule has 0 radical (unpaired) electrons. The Morgan fingerprint density at radius 3 is 2.81 bits per heavy atom. The molecule has 1 saturated carbocycles. The van der Waals surface area contributed by atoms with Crippen LogP contribution in [0.2, 0.25) is 0 Å². The predicted molar refractivity (Wildman–Crippen MR) is 90.8 cm³/mol. The van der Waals surface area contributed by atoms with Crippen molar-refractivity contribution in [1.29, 1.82) is 0 Å². The van der Waals surface area contributed by atoms with Crippen LogP contribution in [-0.2, 0) is 13.0 Å². The molecule has 21 heavy (non-hydrogen) atoms. The fourth-order valence-electron chi connectivity index (χ4n) is 3.07. The van der Waals surface area contributed by atoms with E-state index in [9.17, 15) is 0 Å². The molecule has 3 heteroatoms. The third kappa shape index (κ3) is 3.53. The van der Waals surface area contributed by atoms with Crippen molar-refractivity contribution in [1.82, 2.24) is 10.3 Å². The number of nitrogens with zero attached hydrogens (tertiary/aromatic N) is 1. The van der Waals surface area contributed by atoms with Crippen molar-refractivity contribution < 1.29 is 0 Å². The number of aryl methyl sites for hydroxylation is 2. The topological polar surface area (TPSA) is 24.9 Å². The largest absolute Gasteiger partial charge is 0.309 e. The van der Waals surface area contributed by atoms with Gasteiger partial charge in [0.2, 0.25) is 0 Å². The summed E-state index contributed by atoms with van der Waals surface area (Å²) in [6.07, 6.45) is 6.46. The van der Waals surface area contributed by atoms with Gasteiger partial charge < -0.3 is 5.32 Å². The minimum absolute atomic E-state index is 0.722. The van der Waals surface area contributed by atoms with Crippen LogP contribution in [-0.4, -0.2) is 11.0 Å². The fraction of sp³-hybridized carbons (Fsp3) is 0.500. The van der Waals surface area contributed by atoms with E-state index >= 15 is 0 Å². The van der Waals surface area contributed by atoms with Crippen LogP contribution in [0.5, 0.6) is 0 Å². The third-order valence-electron chi connectivity index (χ3n) is 4.28. The second-order valence-corrected chi connectivity index (χ2v) is 7.06. The Balaban J connectivity index is 1.77. The van der Waals surface area contributed by atoms with Crippen LogP contribution in [0, 0.1) is 6.92 Å². The summed E-state index contributed by atoms with van der Waals surface area (Å²) in [5.74, 6) is 0. The third-order valence-corrected chi connectivity index (χ3v) is 5.43. The van der Waals surface area contributed by atoms with Crippen LogP contribution in [0.1, 0.15) is 48.7 Å². The zero-order chi connectivity index (χ0) is 14.7. The van der Waals surface area contributed by atoms with Crippen molar-refractivity contribution in [2.45, 2.75) is 58.5 Å². The molecule has 0 unspecified atom stereocenters.